The number of hydrogen-bond acceptors (Lipinski definition) is 2. The molecule has 3 atom stereocenters. The van der Waals surface area contributed by atoms with Crippen LogP contribution in [0, 0.1) is 5.92 Å². The van der Waals surface area contributed by atoms with Gasteiger partial charge in [-0.05, 0) is 35.6 Å². The summed E-state index contributed by atoms with van der Waals surface area (Å²) in [5.41, 5.74) is 1.74. The summed E-state index contributed by atoms with van der Waals surface area (Å²) in [7, 11) is 0. The zero-order valence-electron chi connectivity index (χ0n) is 13.0. The average Bonchev–Trinajstić information content (AvgIpc) is 3.36. The van der Waals surface area contributed by atoms with E-state index in [1.807, 2.05) is 24.3 Å². The molecule has 24 heavy (non-hydrogen) atoms. The number of nitrogens with one attached hydrogen (secondary N) is 1. The fourth-order valence-corrected chi connectivity index (χ4v) is 3.16. The van der Waals surface area contributed by atoms with E-state index in [0.717, 1.165) is 12.0 Å². The molecule has 1 amide bonds. The van der Waals surface area contributed by atoms with E-state index in [9.17, 15) is 14.7 Å². The van der Waals surface area contributed by atoms with Gasteiger partial charge in [0, 0.05) is 17.5 Å². The molecule has 0 bridgehead atoms. The van der Waals surface area contributed by atoms with E-state index in [4.69, 9.17) is 11.6 Å². The SMILES string of the molecule is O=C(O)C(CNC(=O)C1CC1c1cccc(Cl)c1)c1ccccc1. The Kier molecular flexibility index (Phi) is 4.86. The van der Waals surface area contributed by atoms with Crippen molar-refractivity contribution in [3.63, 3.8) is 0 Å². The minimum Gasteiger partial charge on any atom is -0.481 e. The van der Waals surface area contributed by atoms with Gasteiger partial charge < -0.3 is 10.4 Å². The Bertz CT molecular complexity index is 747. The van der Waals surface area contributed by atoms with Crippen molar-refractivity contribution in [1.29, 1.82) is 0 Å². The molecular formula is C19H18ClNO3. The van der Waals surface area contributed by atoms with E-state index in [1.165, 1.54) is 0 Å². The molecule has 1 saturated carbocycles. The van der Waals surface area contributed by atoms with Gasteiger partial charge in [0.2, 0.25) is 5.91 Å². The Morgan fingerprint density at radius 2 is 1.92 bits per heavy atom. The standard InChI is InChI=1S/C19H18ClNO3/c20-14-8-4-7-13(9-14)15-10-16(15)18(22)21-11-17(19(23)24)12-5-2-1-3-6-12/h1-9,15-17H,10-11H2,(H,21,22)(H,23,24). The molecule has 1 fully saturated rings. The summed E-state index contributed by atoms with van der Waals surface area (Å²) in [6.07, 6.45) is 0.773. The second-order valence-corrected chi connectivity index (χ2v) is 6.49. The van der Waals surface area contributed by atoms with Gasteiger partial charge in [0.25, 0.3) is 0 Å². The molecule has 0 spiro atoms. The first-order valence-electron chi connectivity index (χ1n) is 7.87. The van der Waals surface area contributed by atoms with Gasteiger partial charge in [-0.25, -0.2) is 0 Å². The maximum Gasteiger partial charge on any atom is 0.312 e. The zero-order valence-corrected chi connectivity index (χ0v) is 13.7. The van der Waals surface area contributed by atoms with Crippen LogP contribution in [0.15, 0.2) is 54.6 Å². The third kappa shape index (κ3) is 3.77. The molecular weight excluding hydrogens is 326 g/mol. The third-order valence-corrected chi connectivity index (χ3v) is 4.62. The van der Waals surface area contributed by atoms with Gasteiger partial charge in [0.1, 0.15) is 0 Å². The van der Waals surface area contributed by atoms with Crippen LogP contribution in [0.1, 0.15) is 29.4 Å². The van der Waals surface area contributed by atoms with Gasteiger partial charge >= 0.3 is 5.97 Å². The van der Waals surface area contributed by atoms with Gasteiger partial charge in [-0.15, -0.1) is 0 Å². The van der Waals surface area contributed by atoms with Crippen LogP contribution in [0.2, 0.25) is 5.02 Å². The maximum absolute atomic E-state index is 12.3. The normalized spacial score (nSPS) is 20.2. The molecule has 0 radical (unpaired) electrons. The number of halogens is 1. The van der Waals surface area contributed by atoms with Crippen LogP contribution in [0.3, 0.4) is 0 Å². The van der Waals surface area contributed by atoms with E-state index < -0.39 is 11.9 Å². The number of hydrogen-bond donors (Lipinski definition) is 2. The smallest absolute Gasteiger partial charge is 0.312 e. The van der Waals surface area contributed by atoms with E-state index in [0.29, 0.717) is 10.6 Å². The number of amides is 1. The molecule has 5 heteroatoms. The largest absolute Gasteiger partial charge is 0.481 e. The molecule has 1 aliphatic carbocycles. The van der Waals surface area contributed by atoms with Crippen molar-refractivity contribution >= 4 is 23.5 Å². The van der Waals surface area contributed by atoms with Crippen molar-refractivity contribution in [3.05, 3.63) is 70.7 Å². The first-order valence-corrected chi connectivity index (χ1v) is 8.25. The first-order chi connectivity index (χ1) is 11.6. The van der Waals surface area contributed by atoms with Gasteiger partial charge in [-0.2, -0.15) is 0 Å². The van der Waals surface area contributed by atoms with Crippen LogP contribution < -0.4 is 5.32 Å². The van der Waals surface area contributed by atoms with Gasteiger partial charge in [0.15, 0.2) is 0 Å². The summed E-state index contributed by atoms with van der Waals surface area (Å²) >= 11 is 5.98. The van der Waals surface area contributed by atoms with Gasteiger partial charge in [-0.1, -0.05) is 54.1 Å². The molecule has 124 valence electrons. The topological polar surface area (TPSA) is 66.4 Å². The number of carboxylic acid groups (broad SMARTS) is 1. The minimum absolute atomic E-state index is 0.0942. The van der Waals surface area contributed by atoms with E-state index >= 15 is 0 Å². The molecule has 2 aromatic rings. The number of benzene rings is 2. The molecule has 3 unspecified atom stereocenters. The molecule has 2 aromatic carbocycles. The summed E-state index contributed by atoms with van der Waals surface area (Å²) in [6.45, 7) is 0.0942. The molecule has 2 N–H and O–H groups in total. The minimum atomic E-state index is -0.941. The molecule has 0 aliphatic heterocycles. The van der Waals surface area contributed by atoms with Crippen molar-refractivity contribution in [2.75, 3.05) is 6.54 Å². The fourth-order valence-electron chi connectivity index (χ4n) is 2.96. The van der Waals surface area contributed by atoms with Crippen molar-refractivity contribution in [1.82, 2.24) is 5.32 Å². The summed E-state index contributed by atoms with van der Waals surface area (Å²) in [6, 6.07) is 16.5. The lowest BCUT2D eigenvalue weighted by Gasteiger charge is -2.14. The fraction of sp³-hybridized carbons (Fsp3) is 0.263. The van der Waals surface area contributed by atoms with E-state index in [1.54, 1.807) is 30.3 Å². The van der Waals surface area contributed by atoms with Crippen LogP contribution >= 0.6 is 11.6 Å². The monoisotopic (exact) mass is 343 g/mol. The van der Waals surface area contributed by atoms with Crippen LogP contribution in [-0.2, 0) is 9.59 Å². The zero-order chi connectivity index (χ0) is 17.1. The highest BCUT2D eigenvalue weighted by atomic mass is 35.5. The summed E-state index contributed by atoms with van der Waals surface area (Å²) in [5.74, 6) is -1.71. The highest BCUT2D eigenvalue weighted by Gasteiger charge is 2.44. The number of carbonyl (C=O) groups is 2. The first kappa shape index (κ1) is 16.5. The number of rotatable bonds is 6. The molecule has 4 nitrogen and oxygen atoms in total. The molecule has 3 rings (SSSR count). The van der Waals surface area contributed by atoms with Crippen molar-refractivity contribution < 1.29 is 14.7 Å². The van der Waals surface area contributed by atoms with Gasteiger partial charge in [-0.3, -0.25) is 9.59 Å². The second kappa shape index (κ2) is 7.05. The van der Waals surface area contributed by atoms with Crippen molar-refractivity contribution in [2.24, 2.45) is 5.92 Å². The van der Waals surface area contributed by atoms with E-state index in [2.05, 4.69) is 5.32 Å². The Labute approximate surface area is 145 Å². The maximum atomic E-state index is 12.3. The second-order valence-electron chi connectivity index (χ2n) is 6.05. The number of aliphatic carboxylic acids is 1. The predicted molar refractivity (Wildman–Crippen MR) is 92.1 cm³/mol. The van der Waals surface area contributed by atoms with Crippen LogP contribution in [0.4, 0.5) is 0 Å². The lowest BCUT2D eigenvalue weighted by atomic mass is 9.99. The number of carboxylic acids is 1. The Morgan fingerprint density at radius 1 is 1.17 bits per heavy atom. The lowest BCUT2D eigenvalue weighted by Crippen LogP contribution is -2.32. The van der Waals surface area contributed by atoms with Crippen LogP contribution in [0.25, 0.3) is 0 Å². The predicted octanol–water partition coefficient (Wildman–Crippen LogP) is 3.43. The van der Waals surface area contributed by atoms with Crippen molar-refractivity contribution in [3.8, 4) is 0 Å². The summed E-state index contributed by atoms with van der Waals surface area (Å²) < 4.78 is 0. The Balaban J connectivity index is 1.59. The van der Waals surface area contributed by atoms with Gasteiger partial charge in [0.05, 0.1) is 5.92 Å². The average molecular weight is 344 g/mol. The quantitative estimate of drug-likeness (QED) is 0.844. The highest BCUT2D eigenvalue weighted by molar-refractivity contribution is 6.30. The highest BCUT2D eigenvalue weighted by Crippen LogP contribution is 2.47. The summed E-state index contributed by atoms with van der Waals surface area (Å²) in [5, 5.41) is 12.8. The molecule has 0 heterocycles. The molecule has 1 aliphatic rings. The van der Waals surface area contributed by atoms with Crippen LogP contribution in [-0.4, -0.2) is 23.5 Å². The lowest BCUT2D eigenvalue weighted by molar-refractivity contribution is -0.138. The summed E-state index contributed by atoms with van der Waals surface area (Å²) in [4.78, 5) is 23.8. The third-order valence-electron chi connectivity index (χ3n) is 4.38. The Hall–Kier alpha value is -2.33. The Morgan fingerprint density at radius 3 is 2.58 bits per heavy atom. The number of carbonyl (C=O) groups excluding carboxylic acids is 1. The van der Waals surface area contributed by atoms with E-state index in [-0.39, 0.29) is 24.3 Å². The molecule has 0 aromatic heterocycles. The van der Waals surface area contributed by atoms with Crippen molar-refractivity contribution in [2.45, 2.75) is 18.3 Å². The van der Waals surface area contributed by atoms with Crippen LogP contribution in [0.5, 0.6) is 0 Å². The molecule has 0 saturated heterocycles.